The molecule has 1 aromatic heterocycles. The predicted octanol–water partition coefficient (Wildman–Crippen LogP) is 2.36. The Hall–Kier alpha value is -2.08. The van der Waals surface area contributed by atoms with Crippen LogP contribution in [0.5, 0.6) is 0 Å². The summed E-state index contributed by atoms with van der Waals surface area (Å²) in [5.41, 5.74) is 4.98. The molecule has 0 bridgehead atoms. The first kappa shape index (κ1) is 14.5. The van der Waals surface area contributed by atoms with Crippen molar-refractivity contribution < 1.29 is 8.42 Å². The highest BCUT2D eigenvalue weighted by molar-refractivity contribution is 7.92. The third-order valence-corrected chi connectivity index (χ3v) is 6.05. The van der Waals surface area contributed by atoms with Gasteiger partial charge in [0, 0.05) is 25.0 Å². The fourth-order valence-corrected chi connectivity index (χ4v) is 4.44. The van der Waals surface area contributed by atoms with E-state index in [0.29, 0.717) is 10.6 Å². The monoisotopic (exact) mass is 329 g/mol. The molecule has 120 valence electrons. The Morgan fingerprint density at radius 3 is 2.87 bits per heavy atom. The molecule has 0 atom stereocenters. The number of benzene rings is 1. The van der Waals surface area contributed by atoms with Gasteiger partial charge in [0.1, 0.15) is 0 Å². The lowest BCUT2D eigenvalue weighted by molar-refractivity contribution is 0.601. The third-order valence-electron chi connectivity index (χ3n) is 4.67. The number of aryl methyl sites for hydroxylation is 2. The average Bonchev–Trinajstić information content (AvgIpc) is 3.13. The lowest BCUT2D eigenvalue weighted by Crippen LogP contribution is -2.15. The van der Waals surface area contributed by atoms with E-state index in [-0.39, 0.29) is 0 Å². The van der Waals surface area contributed by atoms with Crippen molar-refractivity contribution in [2.45, 2.75) is 30.6 Å². The Labute approximate surface area is 136 Å². The molecule has 0 radical (unpaired) electrons. The summed E-state index contributed by atoms with van der Waals surface area (Å²) in [4.78, 5) is 6.76. The number of pyridine rings is 1. The van der Waals surface area contributed by atoms with Crippen LogP contribution in [0.2, 0.25) is 0 Å². The maximum absolute atomic E-state index is 12.7. The number of sulfonamides is 1. The van der Waals surface area contributed by atoms with E-state index in [0.717, 1.165) is 49.2 Å². The van der Waals surface area contributed by atoms with E-state index in [1.54, 1.807) is 18.3 Å². The van der Waals surface area contributed by atoms with Gasteiger partial charge in [0.15, 0.2) is 0 Å². The molecular formula is C17H19N3O2S. The lowest BCUT2D eigenvalue weighted by atomic mass is 10.2. The van der Waals surface area contributed by atoms with Crippen LogP contribution in [0.1, 0.15) is 23.2 Å². The molecule has 0 saturated heterocycles. The second kappa shape index (κ2) is 5.23. The summed E-state index contributed by atoms with van der Waals surface area (Å²) in [6.07, 6.45) is 5.63. The van der Waals surface area contributed by atoms with Gasteiger partial charge in [0.2, 0.25) is 0 Å². The van der Waals surface area contributed by atoms with E-state index in [4.69, 9.17) is 0 Å². The molecule has 5 nitrogen and oxygen atoms in total. The summed E-state index contributed by atoms with van der Waals surface area (Å²) in [7, 11) is -1.61. The highest BCUT2D eigenvalue weighted by atomic mass is 32.2. The SMILES string of the molecule is CN1CCc2ccc(S(=O)(=O)Nc3cnc4c(c3)CCC4)cc21. The Bertz CT molecular complexity index is 877. The predicted molar refractivity (Wildman–Crippen MR) is 90.5 cm³/mol. The normalized spacial score (nSPS) is 16.3. The highest BCUT2D eigenvalue weighted by Gasteiger charge is 2.22. The Kier molecular flexibility index (Phi) is 3.30. The minimum Gasteiger partial charge on any atom is -0.374 e. The number of fused-ring (bicyclic) bond motifs is 2. The summed E-state index contributed by atoms with van der Waals surface area (Å²) in [6, 6.07) is 7.26. The van der Waals surface area contributed by atoms with Crippen molar-refractivity contribution in [1.82, 2.24) is 4.98 Å². The number of nitrogens with one attached hydrogen (secondary N) is 1. The van der Waals surface area contributed by atoms with Crippen LogP contribution in [0, 0.1) is 0 Å². The van der Waals surface area contributed by atoms with Gasteiger partial charge in [-0.2, -0.15) is 0 Å². The molecule has 6 heteroatoms. The summed E-state index contributed by atoms with van der Waals surface area (Å²) in [6.45, 7) is 0.932. The van der Waals surface area contributed by atoms with Crippen molar-refractivity contribution in [1.29, 1.82) is 0 Å². The van der Waals surface area contributed by atoms with Gasteiger partial charge in [-0.1, -0.05) is 6.07 Å². The van der Waals surface area contributed by atoms with E-state index >= 15 is 0 Å². The van der Waals surface area contributed by atoms with Crippen LogP contribution in [-0.4, -0.2) is 27.0 Å². The second-order valence-corrected chi connectivity index (χ2v) is 7.93. The van der Waals surface area contributed by atoms with Crippen LogP contribution in [0.15, 0.2) is 35.4 Å². The minimum atomic E-state index is -3.59. The Morgan fingerprint density at radius 1 is 1.13 bits per heavy atom. The summed E-state index contributed by atoms with van der Waals surface area (Å²) >= 11 is 0. The van der Waals surface area contributed by atoms with Gasteiger partial charge in [-0.3, -0.25) is 9.71 Å². The van der Waals surface area contributed by atoms with Gasteiger partial charge >= 0.3 is 0 Å². The first-order valence-electron chi connectivity index (χ1n) is 7.88. The molecule has 0 saturated carbocycles. The molecule has 2 heterocycles. The van der Waals surface area contributed by atoms with Gasteiger partial charge in [-0.15, -0.1) is 0 Å². The van der Waals surface area contributed by atoms with E-state index in [1.807, 2.05) is 19.2 Å². The molecule has 1 aromatic carbocycles. The van der Waals surface area contributed by atoms with Crippen LogP contribution in [0.3, 0.4) is 0 Å². The molecule has 0 fully saturated rings. The Balaban J connectivity index is 1.64. The van der Waals surface area contributed by atoms with Gasteiger partial charge in [-0.05, 0) is 55.0 Å². The number of rotatable bonds is 3. The number of likely N-dealkylation sites (N-methyl/N-ethyl adjacent to an activating group) is 1. The topological polar surface area (TPSA) is 62.3 Å². The van der Waals surface area contributed by atoms with Crippen molar-refractivity contribution in [3.8, 4) is 0 Å². The fourth-order valence-electron chi connectivity index (χ4n) is 3.38. The smallest absolute Gasteiger partial charge is 0.262 e. The van der Waals surface area contributed by atoms with Crippen LogP contribution in [0.25, 0.3) is 0 Å². The molecular weight excluding hydrogens is 310 g/mol. The molecule has 23 heavy (non-hydrogen) atoms. The molecule has 2 aliphatic rings. The number of anilines is 2. The number of hydrogen-bond acceptors (Lipinski definition) is 4. The maximum Gasteiger partial charge on any atom is 0.262 e. The number of aromatic nitrogens is 1. The van der Waals surface area contributed by atoms with E-state index < -0.39 is 10.0 Å². The van der Waals surface area contributed by atoms with Crippen LogP contribution < -0.4 is 9.62 Å². The molecule has 0 unspecified atom stereocenters. The molecule has 1 aliphatic carbocycles. The minimum absolute atomic E-state index is 0.297. The van der Waals surface area contributed by atoms with E-state index in [9.17, 15) is 8.42 Å². The van der Waals surface area contributed by atoms with Crippen LogP contribution in [0.4, 0.5) is 11.4 Å². The molecule has 2 aromatic rings. The van der Waals surface area contributed by atoms with Crippen molar-refractivity contribution in [2.24, 2.45) is 0 Å². The zero-order valence-electron chi connectivity index (χ0n) is 13.0. The van der Waals surface area contributed by atoms with Gasteiger partial charge in [0.05, 0.1) is 16.8 Å². The molecule has 0 amide bonds. The van der Waals surface area contributed by atoms with Gasteiger partial charge < -0.3 is 4.90 Å². The first-order valence-corrected chi connectivity index (χ1v) is 9.36. The average molecular weight is 329 g/mol. The fraction of sp³-hybridized carbons (Fsp3) is 0.353. The molecule has 1 aliphatic heterocycles. The summed E-state index contributed by atoms with van der Waals surface area (Å²) < 4.78 is 28.0. The highest BCUT2D eigenvalue weighted by Crippen LogP contribution is 2.30. The van der Waals surface area contributed by atoms with Gasteiger partial charge in [0.25, 0.3) is 10.0 Å². The largest absolute Gasteiger partial charge is 0.374 e. The van der Waals surface area contributed by atoms with Crippen molar-refractivity contribution in [2.75, 3.05) is 23.2 Å². The van der Waals surface area contributed by atoms with Crippen molar-refractivity contribution in [3.63, 3.8) is 0 Å². The van der Waals surface area contributed by atoms with Crippen LogP contribution in [-0.2, 0) is 29.3 Å². The summed E-state index contributed by atoms with van der Waals surface area (Å²) in [5.74, 6) is 0. The second-order valence-electron chi connectivity index (χ2n) is 6.25. The Morgan fingerprint density at radius 2 is 2.00 bits per heavy atom. The lowest BCUT2D eigenvalue weighted by Gasteiger charge is -2.14. The van der Waals surface area contributed by atoms with Crippen molar-refractivity contribution in [3.05, 3.63) is 47.3 Å². The molecule has 1 N–H and O–H groups in total. The number of nitrogens with zero attached hydrogens (tertiary/aromatic N) is 2. The van der Waals surface area contributed by atoms with E-state index in [2.05, 4.69) is 14.6 Å². The first-order chi connectivity index (χ1) is 11.0. The zero-order chi connectivity index (χ0) is 16.0. The maximum atomic E-state index is 12.7. The van der Waals surface area contributed by atoms with Crippen LogP contribution >= 0.6 is 0 Å². The van der Waals surface area contributed by atoms with E-state index in [1.165, 1.54) is 5.56 Å². The van der Waals surface area contributed by atoms with Crippen molar-refractivity contribution >= 4 is 21.4 Å². The quantitative estimate of drug-likeness (QED) is 0.939. The molecule has 0 spiro atoms. The molecule has 4 rings (SSSR count). The zero-order valence-corrected chi connectivity index (χ0v) is 13.9. The van der Waals surface area contributed by atoms with Gasteiger partial charge in [-0.25, -0.2) is 8.42 Å². The standard InChI is InChI=1S/C17H19N3O2S/c1-20-8-7-12-5-6-15(10-17(12)20)23(21,22)19-14-9-13-3-2-4-16(13)18-11-14/h5-6,9-11,19H,2-4,7-8H2,1H3. The third kappa shape index (κ3) is 2.57. The summed E-state index contributed by atoms with van der Waals surface area (Å²) in [5, 5.41) is 0. The number of hydrogen-bond donors (Lipinski definition) is 1.